The highest BCUT2D eigenvalue weighted by molar-refractivity contribution is 6.09. The highest BCUT2D eigenvalue weighted by Crippen LogP contribution is 2.30. The molecule has 0 aliphatic carbocycles. The van der Waals surface area contributed by atoms with Crippen molar-refractivity contribution in [2.45, 2.75) is 31.9 Å². The van der Waals surface area contributed by atoms with Gasteiger partial charge in [-0.15, -0.1) is 0 Å². The quantitative estimate of drug-likeness (QED) is 0.803. The smallest absolute Gasteiger partial charge is 0.387 e. The lowest BCUT2D eigenvalue weighted by Crippen LogP contribution is -2.43. The fourth-order valence-electron chi connectivity index (χ4n) is 3.21. The van der Waals surface area contributed by atoms with Crippen LogP contribution < -0.4 is 10.1 Å². The van der Waals surface area contributed by atoms with E-state index in [0.29, 0.717) is 18.7 Å². The van der Waals surface area contributed by atoms with Gasteiger partial charge in [0.25, 0.3) is 5.91 Å². The largest absolute Gasteiger partial charge is 0.435 e. The molecule has 0 bridgehead atoms. The van der Waals surface area contributed by atoms with Gasteiger partial charge in [0.05, 0.1) is 0 Å². The van der Waals surface area contributed by atoms with Crippen molar-refractivity contribution in [3.05, 3.63) is 29.8 Å². The molecule has 3 rings (SSSR count). The normalized spacial score (nSPS) is 22.9. The van der Waals surface area contributed by atoms with Crippen molar-refractivity contribution in [1.82, 2.24) is 15.1 Å². The van der Waals surface area contributed by atoms with E-state index in [1.165, 1.54) is 31.2 Å². The summed E-state index contributed by atoms with van der Waals surface area (Å²) in [6.07, 6.45) is 1.83. The molecule has 0 unspecified atom stereocenters. The summed E-state index contributed by atoms with van der Waals surface area (Å²) < 4.78 is 28.7. The van der Waals surface area contributed by atoms with E-state index < -0.39 is 24.1 Å². The number of nitrogens with zero attached hydrogens (tertiary/aromatic N) is 2. The third-order valence-electron chi connectivity index (χ3n) is 4.68. The standard InChI is InChI=1S/C17H19F2N3O4/c1-17(11-4-6-12(7-5-11)26-15(18)19)14(24)22(16(25)20-17)10-13(23)21-8-2-3-9-21/h4-7,15H,2-3,8-10H2,1H3,(H,20,25)/t17-/m0/s1. The molecule has 0 spiro atoms. The summed E-state index contributed by atoms with van der Waals surface area (Å²) in [7, 11) is 0. The van der Waals surface area contributed by atoms with E-state index in [-0.39, 0.29) is 18.2 Å². The van der Waals surface area contributed by atoms with Crippen molar-refractivity contribution in [2.75, 3.05) is 19.6 Å². The second kappa shape index (κ2) is 6.89. The minimum atomic E-state index is -2.95. The van der Waals surface area contributed by atoms with Crippen LogP contribution in [-0.4, -0.2) is 53.9 Å². The Kier molecular flexibility index (Phi) is 4.80. The summed E-state index contributed by atoms with van der Waals surface area (Å²) in [5.74, 6) is -0.876. The van der Waals surface area contributed by atoms with Crippen LogP contribution in [0.25, 0.3) is 0 Å². The van der Waals surface area contributed by atoms with Gasteiger partial charge in [-0.25, -0.2) is 4.79 Å². The second-order valence-electron chi connectivity index (χ2n) is 6.44. The highest BCUT2D eigenvalue weighted by atomic mass is 19.3. The number of likely N-dealkylation sites (tertiary alicyclic amines) is 1. The molecule has 1 atom stereocenters. The Morgan fingerprint density at radius 3 is 2.42 bits per heavy atom. The topological polar surface area (TPSA) is 79.0 Å². The van der Waals surface area contributed by atoms with E-state index >= 15 is 0 Å². The number of amides is 4. The molecule has 26 heavy (non-hydrogen) atoms. The number of rotatable bonds is 5. The summed E-state index contributed by atoms with van der Waals surface area (Å²) in [6.45, 7) is -0.489. The first-order valence-electron chi connectivity index (χ1n) is 8.28. The predicted molar refractivity (Wildman–Crippen MR) is 86.5 cm³/mol. The first-order chi connectivity index (χ1) is 12.3. The molecule has 140 valence electrons. The Morgan fingerprint density at radius 1 is 1.23 bits per heavy atom. The SMILES string of the molecule is C[C@@]1(c2ccc(OC(F)F)cc2)NC(=O)N(CC(=O)N2CCCC2)C1=O. The van der Waals surface area contributed by atoms with E-state index in [1.54, 1.807) is 4.90 Å². The summed E-state index contributed by atoms with van der Waals surface area (Å²) in [5.41, 5.74) is -0.959. The van der Waals surface area contributed by atoms with Gasteiger partial charge in [0.15, 0.2) is 0 Å². The van der Waals surface area contributed by atoms with Gasteiger partial charge in [0.1, 0.15) is 17.8 Å². The zero-order chi connectivity index (χ0) is 18.9. The molecule has 9 heteroatoms. The fraction of sp³-hybridized carbons (Fsp3) is 0.471. The summed E-state index contributed by atoms with van der Waals surface area (Å²) in [4.78, 5) is 39.8. The maximum absolute atomic E-state index is 12.8. The lowest BCUT2D eigenvalue weighted by atomic mass is 9.92. The predicted octanol–water partition coefficient (Wildman–Crippen LogP) is 1.68. The number of urea groups is 1. The van der Waals surface area contributed by atoms with E-state index in [9.17, 15) is 23.2 Å². The molecule has 1 N–H and O–H groups in total. The van der Waals surface area contributed by atoms with Crippen LogP contribution in [0.2, 0.25) is 0 Å². The van der Waals surface area contributed by atoms with Gasteiger partial charge in [0, 0.05) is 13.1 Å². The van der Waals surface area contributed by atoms with Crippen molar-refractivity contribution in [3.8, 4) is 5.75 Å². The summed E-state index contributed by atoms with van der Waals surface area (Å²) in [6, 6.07) is 4.80. The number of carbonyl (C=O) groups is 3. The van der Waals surface area contributed by atoms with Gasteiger partial charge in [-0.3, -0.25) is 14.5 Å². The molecule has 2 saturated heterocycles. The lowest BCUT2D eigenvalue weighted by Gasteiger charge is -2.23. The number of ether oxygens (including phenoxy) is 1. The Hall–Kier alpha value is -2.71. The molecular formula is C17H19F2N3O4. The lowest BCUT2D eigenvalue weighted by molar-refractivity contribution is -0.138. The number of benzene rings is 1. The van der Waals surface area contributed by atoms with Gasteiger partial charge in [-0.2, -0.15) is 8.78 Å². The van der Waals surface area contributed by atoms with Crippen molar-refractivity contribution in [3.63, 3.8) is 0 Å². The number of alkyl halides is 2. The van der Waals surface area contributed by atoms with Gasteiger partial charge in [0.2, 0.25) is 5.91 Å². The van der Waals surface area contributed by atoms with Crippen LogP contribution in [0.4, 0.5) is 13.6 Å². The molecule has 4 amide bonds. The Bertz CT molecular complexity index is 719. The summed E-state index contributed by atoms with van der Waals surface area (Å²) >= 11 is 0. The molecule has 2 fully saturated rings. The van der Waals surface area contributed by atoms with Crippen LogP contribution in [0.15, 0.2) is 24.3 Å². The zero-order valence-electron chi connectivity index (χ0n) is 14.2. The molecule has 2 aliphatic rings. The molecule has 0 radical (unpaired) electrons. The van der Waals surface area contributed by atoms with E-state index in [0.717, 1.165) is 17.7 Å². The highest BCUT2D eigenvalue weighted by Gasteiger charge is 2.49. The summed E-state index contributed by atoms with van der Waals surface area (Å²) in [5, 5.41) is 2.58. The minimum absolute atomic E-state index is 0.0508. The van der Waals surface area contributed by atoms with Gasteiger partial charge >= 0.3 is 12.6 Å². The van der Waals surface area contributed by atoms with Gasteiger partial charge < -0.3 is 15.0 Å². The first-order valence-corrected chi connectivity index (χ1v) is 8.28. The van der Waals surface area contributed by atoms with Crippen LogP contribution in [-0.2, 0) is 15.1 Å². The van der Waals surface area contributed by atoms with Crippen LogP contribution in [0.3, 0.4) is 0 Å². The van der Waals surface area contributed by atoms with Gasteiger partial charge in [-0.1, -0.05) is 12.1 Å². The molecule has 1 aromatic rings. The molecular weight excluding hydrogens is 348 g/mol. The third kappa shape index (κ3) is 3.33. The van der Waals surface area contributed by atoms with Crippen LogP contribution in [0, 0.1) is 0 Å². The van der Waals surface area contributed by atoms with E-state index in [4.69, 9.17) is 0 Å². The Morgan fingerprint density at radius 2 is 1.85 bits per heavy atom. The fourth-order valence-corrected chi connectivity index (χ4v) is 3.21. The van der Waals surface area contributed by atoms with Gasteiger partial charge in [-0.05, 0) is 37.5 Å². The number of carbonyl (C=O) groups excluding carboxylic acids is 3. The van der Waals surface area contributed by atoms with Crippen molar-refractivity contribution in [2.24, 2.45) is 0 Å². The van der Waals surface area contributed by atoms with Crippen LogP contribution in [0.1, 0.15) is 25.3 Å². The molecule has 2 heterocycles. The number of halogens is 2. The first kappa shape index (κ1) is 18.1. The van der Waals surface area contributed by atoms with Crippen molar-refractivity contribution < 1.29 is 27.9 Å². The monoisotopic (exact) mass is 367 g/mol. The number of imide groups is 1. The Balaban J connectivity index is 1.74. The molecule has 7 nitrogen and oxygen atoms in total. The number of hydrogen-bond acceptors (Lipinski definition) is 4. The average Bonchev–Trinajstić information content (AvgIpc) is 3.19. The third-order valence-corrected chi connectivity index (χ3v) is 4.68. The van der Waals surface area contributed by atoms with Crippen LogP contribution in [0.5, 0.6) is 5.75 Å². The van der Waals surface area contributed by atoms with E-state index in [2.05, 4.69) is 10.1 Å². The zero-order valence-corrected chi connectivity index (χ0v) is 14.2. The molecule has 0 saturated carbocycles. The average molecular weight is 367 g/mol. The second-order valence-corrected chi connectivity index (χ2v) is 6.44. The van der Waals surface area contributed by atoms with E-state index in [1.807, 2.05) is 0 Å². The minimum Gasteiger partial charge on any atom is -0.435 e. The van der Waals surface area contributed by atoms with Crippen molar-refractivity contribution >= 4 is 17.8 Å². The molecule has 2 aliphatic heterocycles. The maximum Gasteiger partial charge on any atom is 0.387 e. The van der Waals surface area contributed by atoms with Crippen molar-refractivity contribution in [1.29, 1.82) is 0 Å². The van der Waals surface area contributed by atoms with Crippen LogP contribution >= 0.6 is 0 Å². The number of nitrogens with one attached hydrogen (secondary N) is 1. The number of hydrogen-bond donors (Lipinski definition) is 1. The molecule has 0 aromatic heterocycles. The maximum atomic E-state index is 12.8. The Labute approximate surface area is 148 Å². The molecule has 1 aromatic carbocycles.